The fourth-order valence-corrected chi connectivity index (χ4v) is 1.20. The summed E-state index contributed by atoms with van der Waals surface area (Å²) >= 11 is 0. The Morgan fingerprint density at radius 1 is 1.46 bits per heavy atom. The highest BCUT2D eigenvalue weighted by molar-refractivity contribution is 5.89. The molecule has 4 heteroatoms. The zero-order valence-electron chi connectivity index (χ0n) is 6.57. The molecule has 2 aromatic rings. The normalized spacial score (nSPS) is 10.5. The molecule has 0 saturated carbocycles. The molecule has 0 spiro atoms. The van der Waals surface area contributed by atoms with E-state index in [1.165, 1.54) is 30.6 Å². The summed E-state index contributed by atoms with van der Waals surface area (Å²) in [7, 11) is 0. The van der Waals surface area contributed by atoms with Crippen LogP contribution in [0.15, 0.2) is 30.6 Å². The SMILES string of the molecule is O=C(O)c1cc2cc(F)ccn2c1. The summed E-state index contributed by atoms with van der Waals surface area (Å²) in [5.41, 5.74) is 0.697. The van der Waals surface area contributed by atoms with Crippen LogP contribution in [0.1, 0.15) is 10.4 Å². The molecule has 0 amide bonds. The lowest BCUT2D eigenvalue weighted by molar-refractivity contribution is 0.0697. The van der Waals surface area contributed by atoms with Crippen molar-refractivity contribution in [2.75, 3.05) is 0 Å². The minimum absolute atomic E-state index is 0.158. The molecule has 0 aromatic carbocycles. The van der Waals surface area contributed by atoms with Gasteiger partial charge in [0, 0.05) is 17.9 Å². The van der Waals surface area contributed by atoms with E-state index in [9.17, 15) is 9.18 Å². The summed E-state index contributed by atoms with van der Waals surface area (Å²) in [5.74, 6) is -1.38. The lowest BCUT2D eigenvalue weighted by Crippen LogP contribution is -1.91. The minimum Gasteiger partial charge on any atom is -0.478 e. The zero-order chi connectivity index (χ0) is 9.42. The number of fused-ring (bicyclic) bond motifs is 1. The molecule has 0 fully saturated rings. The van der Waals surface area contributed by atoms with Gasteiger partial charge >= 0.3 is 5.97 Å². The first-order valence-corrected chi connectivity index (χ1v) is 3.67. The van der Waals surface area contributed by atoms with Crippen LogP contribution in [-0.2, 0) is 0 Å². The van der Waals surface area contributed by atoms with Crippen LogP contribution in [0.5, 0.6) is 0 Å². The average Bonchev–Trinajstić information content (AvgIpc) is 2.46. The molecule has 0 radical (unpaired) electrons. The number of carbonyl (C=O) groups is 1. The van der Waals surface area contributed by atoms with Crippen molar-refractivity contribution < 1.29 is 14.3 Å². The predicted molar refractivity (Wildman–Crippen MR) is 44.3 cm³/mol. The lowest BCUT2D eigenvalue weighted by atomic mass is 10.3. The topological polar surface area (TPSA) is 41.7 Å². The highest BCUT2D eigenvalue weighted by Crippen LogP contribution is 2.11. The van der Waals surface area contributed by atoms with Crippen molar-refractivity contribution in [3.05, 3.63) is 42.0 Å². The number of rotatable bonds is 1. The predicted octanol–water partition coefficient (Wildman–Crippen LogP) is 1.78. The van der Waals surface area contributed by atoms with E-state index in [2.05, 4.69) is 0 Å². The minimum atomic E-state index is -1.01. The van der Waals surface area contributed by atoms with Crippen molar-refractivity contribution in [3.8, 4) is 0 Å². The highest BCUT2D eigenvalue weighted by Gasteiger charge is 2.06. The molecule has 2 rings (SSSR count). The van der Waals surface area contributed by atoms with E-state index in [1.54, 1.807) is 4.40 Å². The Labute approximate surface area is 73.0 Å². The third-order valence-electron chi connectivity index (χ3n) is 1.81. The summed E-state index contributed by atoms with van der Waals surface area (Å²) in [6, 6.07) is 3.98. The maximum atomic E-state index is 12.7. The fourth-order valence-electron chi connectivity index (χ4n) is 1.20. The number of nitrogens with zero attached hydrogens (tertiary/aromatic N) is 1. The average molecular weight is 179 g/mol. The number of hydrogen-bond acceptors (Lipinski definition) is 1. The van der Waals surface area contributed by atoms with Crippen LogP contribution in [0.3, 0.4) is 0 Å². The van der Waals surface area contributed by atoms with Crippen molar-refractivity contribution in [1.82, 2.24) is 4.40 Å². The van der Waals surface area contributed by atoms with Crippen LogP contribution in [0.2, 0.25) is 0 Å². The van der Waals surface area contributed by atoms with Gasteiger partial charge in [-0.3, -0.25) is 0 Å². The van der Waals surface area contributed by atoms with E-state index in [4.69, 9.17) is 5.11 Å². The lowest BCUT2D eigenvalue weighted by Gasteiger charge is -1.91. The third kappa shape index (κ3) is 1.26. The first-order valence-electron chi connectivity index (χ1n) is 3.67. The van der Waals surface area contributed by atoms with Gasteiger partial charge < -0.3 is 9.51 Å². The molecule has 0 saturated heterocycles. The van der Waals surface area contributed by atoms with Gasteiger partial charge in [0.2, 0.25) is 0 Å². The molecular weight excluding hydrogens is 173 g/mol. The van der Waals surface area contributed by atoms with E-state index >= 15 is 0 Å². The molecule has 0 bridgehead atoms. The Balaban J connectivity index is 2.68. The highest BCUT2D eigenvalue weighted by atomic mass is 19.1. The first-order chi connectivity index (χ1) is 6.16. The first kappa shape index (κ1) is 7.79. The maximum absolute atomic E-state index is 12.7. The summed E-state index contributed by atoms with van der Waals surface area (Å²) in [5, 5.41) is 8.65. The molecule has 0 aliphatic heterocycles. The van der Waals surface area contributed by atoms with Gasteiger partial charge in [-0.15, -0.1) is 0 Å². The van der Waals surface area contributed by atoms with Gasteiger partial charge in [0.1, 0.15) is 5.82 Å². The van der Waals surface area contributed by atoms with Gasteiger partial charge in [-0.05, 0) is 18.2 Å². The largest absolute Gasteiger partial charge is 0.478 e. The number of halogens is 1. The van der Waals surface area contributed by atoms with E-state index in [0.29, 0.717) is 5.52 Å². The second-order valence-corrected chi connectivity index (χ2v) is 2.71. The van der Waals surface area contributed by atoms with Crippen LogP contribution in [0.4, 0.5) is 4.39 Å². The number of pyridine rings is 1. The summed E-state index contributed by atoms with van der Waals surface area (Å²) in [6.07, 6.45) is 2.92. The molecular formula is C9H6FNO2. The van der Waals surface area contributed by atoms with Crippen molar-refractivity contribution in [1.29, 1.82) is 0 Å². The number of hydrogen-bond donors (Lipinski definition) is 1. The molecule has 0 aliphatic rings. The molecule has 0 aliphatic carbocycles. The number of aromatic carboxylic acids is 1. The van der Waals surface area contributed by atoms with Gasteiger partial charge in [-0.25, -0.2) is 9.18 Å². The van der Waals surface area contributed by atoms with Crippen molar-refractivity contribution in [2.45, 2.75) is 0 Å². The van der Waals surface area contributed by atoms with Gasteiger partial charge in [-0.2, -0.15) is 0 Å². The van der Waals surface area contributed by atoms with Crippen LogP contribution < -0.4 is 0 Å². The smallest absolute Gasteiger partial charge is 0.337 e. The second-order valence-electron chi connectivity index (χ2n) is 2.71. The Morgan fingerprint density at radius 2 is 2.23 bits per heavy atom. The van der Waals surface area contributed by atoms with E-state index in [1.807, 2.05) is 0 Å². The number of carboxylic acids is 1. The molecule has 13 heavy (non-hydrogen) atoms. The third-order valence-corrected chi connectivity index (χ3v) is 1.81. The monoisotopic (exact) mass is 179 g/mol. The Hall–Kier alpha value is -1.84. The van der Waals surface area contributed by atoms with Crippen molar-refractivity contribution in [2.24, 2.45) is 0 Å². The Kier molecular flexibility index (Phi) is 1.55. The molecule has 0 unspecified atom stereocenters. The standard InChI is InChI=1S/C9H6FNO2/c10-7-1-2-11-5-6(9(12)13)3-8(11)4-7/h1-5H,(H,12,13). The summed E-state index contributed by atoms with van der Waals surface area (Å²) in [4.78, 5) is 10.5. The quantitative estimate of drug-likeness (QED) is 0.724. The molecule has 3 nitrogen and oxygen atoms in total. The van der Waals surface area contributed by atoms with E-state index in [0.717, 1.165) is 0 Å². The maximum Gasteiger partial charge on any atom is 0.337 e. The van der Waals surface area contributed by atoms with E-state index < -0.39 is 5.97 Å². The molecule has 2 aromatic heterocycles. The number of aromatic nitrogens is 1. The Morgan fingerprint density at radius 3 is 2.92 bits per heavy atom. The van der Waals surface area contributed by atoms with E-state index in [-0.39, 0.29) is 11.4 Å². The molecule has 0 atom stereocenters. The number of carboxylic acid groups (broad SMARTS) is 1. The van der Waals surface area contributed by atoms with Gasteiger partial charge in [0.15, 0.2) is 0 Å². The second kappa shape index (κ2) is 2.58. The van der Waals surface area contributed by atoms with Crippen LogP contribution in [-0.4, -0.2) is 15.5 Å². The van der Waals surface area contributed by atoms with Gasteiger partial charge in [0.05, 0.1) is 5.56 Å². The summed E-state index contributed by atoms with van der Waals surface area (Å²) < 4.78 is 14.2. The fraction of sp³-hybridized carbons (Fsp3) is 0. The molecule has 66 valence electrons. The molecule has 2 heterocycles. The van der Waals surface area contributed by atoms with Gasteiger partial charge in [0.25, 0.3) is 0 Å². The van der Waals surface area contributed by atoms with Crippen molar-refractivity contribution in [3.63, 3.8) is 0 Å². The van der Waals surface area contributed by atoms with Crippen molar-refractivity contribution >= 4 is 11.5 Å². The van der Waals surface area contributed by atoms with Crippen LogP contribution in [0, 0.1) is 5.82 Å². The Bertz CT molecular complexity index is 475. The zero-order valence-corrected chi connectivity index (χ0v) is 6.57. The van der Waals surface area contributed by atoms with Gasteiger partial charge in [-0.1, -0.05) is 0 Å². The molecule has 1 N–H and O–H groups in total. The summed E-state index contributed by atoms with van der Waals surface area (Å²) in [6.45, 7) is 0. The van der Waals surface area contributed by atoms with Crippen LogP contribution >= 0.6 is 0 Å². The van der Waals surface area contributed by atoms with Crippen LogP contribution in [0.25, 0.3) is 5.52 Å².